The molecule has 2 fully saturated rings. The average Bonchev–Trinajstić information content (AvgIpc) is 3.13. The van der Waals surface area contributed by atoms with Crippen molar-refractivity contribution in [2.75, 3.05) is 6.54 Å². The molecule has 1 atom stereocenters. The highest BCUT2D eigenvalue weighted by Gasteiger charge is 2.49. The number of thiophene rings is 1. The van der Waals surface area contributed by atoms with Gasteiger partial charge in [-0.2, -0.15) is 11.3 Å². The SMILES string of the molecule is CC1(c2ccsc2)NC(=O)N(CC(=O)C2CCCCC2)C1=O. The van der Waals surface area contributed by atoms with Crippen LogP contribution in [0.3, 0.4) is 0 Å². The van der Waals surface area contributed by atoms with Crippen molar-refractivity contribution in [3.63, 3.8) is 0 Å². The molecule has 1 saturated heterocycles. The maximum absolute atomic E-state index is 12.6. The fourth-order valence-electron chi connectivity index (χ4n) is 3.29. The molecule has 0 bridgehead atoms. The number of hydrogen-bond acceptors (Lipinski definition) is 4. The predicted molar refractivity (Wildman–Crippen MR) is 83.5 cm³/mol. The molecular weight excluding hydrogens is 300 g/mol. The number of carbonyl (C=O) groups excluding carboxylic acids is 3. The van der Waals surface area contributed by atoms with E-state index in [1.807, 2.05) is 16.8 Å². The summed E-state index contributed by atoms with van der Waals surface area (Å²) in [7, 11) is 0. The molecule has 0 radical (unpaired) electrons. The summed E-state index contributed by atoms with van der Waals surface area (Å²) in [5, 5.41) is 6.46. The Balaban J connectivity index is 1.73. The molecule has 1 aromatic heterocycles. The van der Waals surface area contributed by atoms with Crippen LogP contribution in [0.5, 0.6) is 0 Å². The van der Waals surface area contributed by atoms with Gasteiger partial charge in [0.25, 0.3) is 5.91 Å². The highest BCUT2D eigenvalue weighted by atomic mass is 32.1. The molecule has 2 heterocycles. The first-order chi connectivity index (χ1) is 10.5. The first kappa shape index (κ1) is 15.2. The van der Waals surface area contributed by atoms with E-state index in [9.17, 15) is 14.4 Å². The van der Waals surface area contributed by atoms with Crippen LogP contribution >= 0.6 is 11.3 Å². The van der Waals surface area contributed by atoms with Gasteiger partial charge in [0.2, 0.25) is 0 Å². The molecule has 3 rings (SSSR count). The van der Waals surface area contributed by atoms with Crippen molar-refractivity contribution in [3.05, 3.63) is 22.4 Å². The van der Waals surface area contributed by atoms with E-state index in [1.54, 1.807) is 6.92 Å². The monoisotopic (exact) mass is 320 g/mol. The largest absolute Gasteiger partial charge is 0.325 e. The van der Waals surface area contributed by atoms with Gasteiger partial charge < -0.3 is 5.32 Å². The molecular formula is C16H20N2O3S. The third-order valence-electron chi connectivity index (χ3n) is 4.75. The molecule has 3 amide bonds. The van der Waals surface area contributed by atoms with Gasteiger partial charge in [0, 0.05) is 5.92 Å². The lowest BCUT2D eigenvalue weighted by molar-refractivity contribution is -0.135. The molecule has 1 unspecified atom stereocenters. The van der Waals surface area contributed by atoms with Crippen molar-refractivity contribution in [2.24, 2.45) is 5.92 Å². The molecule has 1 aliphatic carbocycles. The zero-order valence-corrected chi connectivity index (χ0v) is 13.4. The summed E-state index contributed by atoms with van der Waals surface area (Å²) >= 11 is 1.48. The number of Topliss-reactive ketones (excluding diaryl/α,β-unsaturated/α-hetero) is 1. The lowest BCUT2D eigenvalue weighted by Crippen LogP contribution is -2.42. The van der Waals surface area contributed by atoms with Gasteiger partial charge in [-0.05, 0) is 42.2 Å². The van der Waals surface area contributed by atoms with Crippen molar-refractivity contribution in [3.8, 4) is 0 Å². The molecule has 2 aliphatic rings. The van der Waals surface area contributed by atoms with Gasteiger partial charge in [0.05, 0.1) is 6.54 Å². The van der Waals surface area contributed by atoms with Crippen LogP contribution in [-0.2, 0) is 15.1 Å². The van der Waals surface area contributed by atoms with E-state index in [0.29, 0.717) is 0 Å². The van der Waals surface area contributed by atoms with Crippen molar-refractivity contribution in [1.29, 1.82) is 0 Å². The van der Waals surface area contributed by atoms with Crippen LogP contribution in [0.15, 0.2) is 16.8 Å². The number of imide groups is 1. The molecule has 1 saturated carbocycles. The number of carbonyl (C=O) groups is 3. The van der Waals surface area contributed by atoms with Crippen LogP contribution in [0.4, 0.5) is 4.79 Å². The summed E-state index contributed by atoms with van der Waals surface area (Å²) in [6, 6.07) is 1.36. The van der Waals surface area contributed by atoms with Crippen LogP contribution in [0.1, 0.15) is 44.6 Å². The normalized spacial score (nSPS) is 26.3. The van der Waals surface area contributed by atoms with E-state index >= 15 is 0 Å². The number of nitrogens with zero attached hydrogens (tertiary/aromatic N) is 1. The molecule has 1 aromatic rings. The number of ketones is 1. The minimum Gasteiger partial charge on any atom is -0.319 e. The van der Waals surface area contributed by atoms with Gasteiger partial charge in [-0.15, -0.1) is 0 Å². The van der Waals surface area contributed by atoms with Crippen LogP contribution in [0.25, 0.3) is 0 Å². The topological polar surface area (TPSA) is 66.5 Å². The Labute approximate surface area is 133 Å². The molecule has 1 aliphatic heterocycles. The summed E-state index contributed by atoms with van der Waals surface area (Å²) in [6.07, 6.45) is 5.05. The van der Waals surface area contributed by atoms with Gasteiger partial charge in [0.1, 0.15) is 5.54 Å². The van der Waals surface area contributed by atoms with E-state index in [2.05, 4.69) is 5.32 Å². The standard InChI is InChI=1S/C16H20N2O3S/c1-16(12-7-8-22-10-12)14(20)18(15(21)17-16)9-13(19)11-5-3-2-4-6-11/h7-8,10-11H,2-6,9H2,1H3,(H,17,21). The van der Waals surface area contributed by atoms with Crippen LogP contribution < -0.4 is 5.32 Å². The number of urea groups is 1. The van der Waals surface area contributed by atoms with E-state index in [0.717, 1.165) is 36.1 Å². The maximum atomic E-state index is 12.6. The fraction of sp³-hybridized carbons (Fsp3) is 0.562. The van der Waals surface area contributed by atoms with Crippen LogP contribution in [0.2, 0.25) is 0 Å². The van der Waals surface area contributed by atoms with Gasteiger partial charge in [-0.1, -0.05) is 19.3 Å². The van der Waals surface area contributed by atoms with Crippen molar-refractivity contribution < 1.29 is 14.4 Å². The minimum absolute atomic E-state index is 0.00218. The van der Waals surface area contributed by atoms with Crippen LogP contribution in [0, 0.1) is 5.92 Å². The molecule has 1 N–H and O–H groups in total. The lowest BCUT2D eigenvalue weighted by Gasteiger charge is -2.23. The summed E-state index contributed by atoms with van der Waals surface area (Å²) in [5.74, 6) is -0.319. The Hall–Kier alpha value is -1.69. The summed E-state index contributed by atoms with van der Waals surface area (Å²) < 4.78 is 0. The smallest absolute Gasteiger partial charge is 0.319 e. The third kappa shape index (κ3) is 2.56. The number of rotatable bonds is 4. The second kappa shape index (κ2) is 5.83. The number of nitrogens with one attached hydrogen (secondary N) is 1. The fourth-order valence-corrected chi connectivity index (χ4v) is 4.06. The van der Waals surface area contributed by atoms with Gasteiger partial charge in [0.15, 0.2) is 5.78 Å². The second-order valence-corrected chi connectivity index (χ2v) is 7.04. The predicted octanol–water partition coefficient (Wildman–Crippen LogP) is 2.66. The van der Waals surface area contributed by atoms with Crippen molar-refractivity contribution in [1.82, 2.24) is 10.2 Å². The quantitative estimate of drug-likeness (QED) is 0.867. The highest BCUT2D eigenvalue weighted by molar-refractivity contribution is 7.08. The van der Waals surface area contributed by atoms with Crippen molar-refractivity contribution >= 4 is 29.1 Å². The van der Waals surface area contributed by atoms with E-state index in [-0.39, 0.29) is 24.2 Å². The van der Waals surface area contributed by atoms with Gasteiger partial charge in [-0.3, -0.25) is 14.5 Å². The Morgan fingerprint density at radius 1 is 1.36 bits per heavy atom. The zero-order chi connectivity index (χ0) is 15.7. The highest BCUT2D eigenvalue weighted by Crippen LogP contribution is 2.31. The molecule has 5 nitrogen and oxygen atoms in total. The van der Waals surface area contributed by atoms with Gasteiger partial charge in [-0.25, -0.2) is 4.79 Å². The molecule has 22 heavy (non-hydrogen) atoms. The van der Waals surface area contributed by atoms with E-state index in [1.165, 1.54) is 17.8 Å². The third-order valence-corrected chi connectivity index (χ3v) is 5.43. The summed E-state index contributed by atoms with van der Waals surface area (Å²) in [5.41, 5.74) is -0.285. The molecule has 0 spiro atoms. The number of amides is 3. The molecule has 118 valence electrons. The number of hydrogen-bond donors (Lipinski definition) is 1. The minimum atomic E-state index is -1.05. The Kier molecular flexibility index (Phi) is 4.04. The summed E-state index contributed by atoms with van der Waals surface area (Å²) in [4.78, 5) is 38.3. The lowest BCUT2D eigenvalue weighted by atomic mass is 9.86. The zero-order valence-electron chi connectivity index (χ0n) is 12.6. The van der Waals surface area contributed by atoms with E-state index < -0.39 is 11.6 Å². The second-order valence-electron chi connectivity index (χ2n) is 6.26. The Morgan fingerprint density at radius 2 is 2.09 bits per heavy atom. The molecule has 0 aromatic carbocycles. The average molecular weight is 320 g/mol. The maximum Gasteiger partial charge on any atom is 0.325 e. The van der Waals surface area contributed by atoms with Crippen LogP contribution in [-0.4, -0.2) is 29.2 Å². The molecule has 6 heteroatoms. The summed E-state index contributed by atoms with van der Waals surface area (Å²) in [6.45, 7) is 1.59. The Morgan fingerprint density at radius 3 is 2.73 bits per heavy atom. The van der Waals surface area contributed by atoms with Crippen molar-refractivity contribution in [2.45, 2.75) is 44.6 Å². The van der Waals surface area contributed by atoms with E-state index in [4.69, 9.17) is 0 Å². The van der Waals surface area contributed by atoms with Gasteiger partial charge >= 0.3 is 6.03 Å². The first-order valence-corrected chi connectivity index (χ1v) is 8.66. The first-order valence-electron chi connectivity index (χ1n) is 7.72. The Bertz CT molecular complexity index is 593.